The third-order valence-electron chi connectivity index (χ3n) is 3.03. The second kappa shape index (κ2) is 5.09. The number of phenolic OH excluding ortho intramolecular Hbond substituents is 1. The third kappa shape index (κ3) is 2.46. The Bertz CT molecular complexity index is 954. The van der Waals surface area contributed by atoms with E-state index >= 15 is 0 Å². The SMILES string of the molecule is O=c1[nH][nH]c(=O)c2c(N=Cc3cccc(O)c3)cccc12. The number of aromatic hydroxyl groups is 1. The van der Waals surface area contributed by atoms with Gasteiger partial charge < -0.3 is 5.11 Å². The number of H-pyrrole nitrogens is 2. The molecule has 0 amide bonds. The fourth-order valence-corrected chi connectivity index (χ4v) is 2.07. The van der Waals surface area contributed by atoms with Crippen LogP contribution >= 0.6 is 0 Å². The molecule has 0 spiro atoms. The Morgan fingerprint density at radius 3 is 2.57 bits per heavy atom. The van der Waals surface area contributed by atoms with E-state index in [9.17, 15) is 14.7 Å². The van der Waals surface area contributed by atoms with E-state index in [1.165, 1.54) is 6.21 Å². The fourth-order valence-electron chi connectivity index (χ4n) is 2.07. The van der Waals surface area contributed by atoms with Gasteiger partial charge in [-0.15, -0.1) is 0 Å². The summed E-state index contributed by atoms with van der Waals surface area (Å²) >= 11 is 0. The Morgan fingerprint density at radius 2 is 1.76 bits per heavy atom. The van der Waals surface area contributed by atoms with Crippen LogP contribution in [0.15, 0.2) is 57.0 Å². The molecule has 6 heteroatoms. The van der Waals surface area contributed by atoms with Gasteiger partial charge in [0.2, 0.25) is 0 Å². The summed E-state index contributed by atoms with van der Waals surface area (Å²) in [4.78, 5) is 27.8. The molecule has 0 aliphatic carbocycles. The van der Waals surface area contributed by atoms with Crippen molar-refractivity contribution >= 4 is 22.7 Å². The predicted octanol–water partition coefficient (Wildman–Crippen LogP) is 1.67. The molecular weight excluding hydrogens is 270 g/mol. The minimum absolute atomic E-state index is 0.131. The molecule has 104 valence electrons. The molecule has 3 rings (SSSR count). The number of aliphatic imine (C=N–C) groups is 1. The number of aromatic nitrogens is 2. The maximum atomic E-state index is 11.9. The van der Waals surface area contributed by atoms with E-state index in [0.29, 0.717) is 11.3 Å². The van der Waals surface area contributed by atoms with E-state index in [1.54, 1.807) is 42.5 Å². The molecule has 1 aromatic heterocycles. The van der Waals surface area contributed by atoms with Crippen molar-refractivity contribution in [2.45, 2.75) is 0 Å². The van der Waals surface area contributed by atoms with Crippen molar-refractivity contribution in [3.63, 3.8) is 0 Å². The highest BCUT2D eigenvalue weighted by Crippen LogP contribution is 2.20. The molecule has 0 saturated carbocycles. The van der Waals surface area contributed by atoms with E-state index in [2.05, 4.69) is 15.2 Å². The summed E-state index contributed by atoms with van der Waals surface area (Å²) < 4.78 is 0. The molecule has 0 aliphatic rings. The van der Waals surface area contributed by atoms with Crippen molar-refractivity contribution in [3.8, 4) is 5.75 Å². The summed E-state index contributed by atoms with van der Waals surface area (Å²) in [5, 5.41) is 14.5. The minimum atomic E-state index is -0.409. The standard InChI is InChI=1S/C15H11N3O3/c19-10-4-1-3-9(7-10)8-16-12-6-2-5-11-13(12)15(21)18-17-14(11)20/h1-8,19H,(H,17,20)(H,18,21). The number of benzene rings is 2. The highest BCUT2D eigenvalue weighted by Gasteiger charge is 2.06. The normalized spacial score (nSPS) is 11.2. The molecule has 0 unspecified atom stereocenters. The van der Waals surface area contributed by atoms with Gasteiger partial charge >= 0.3 is 0 Å². The van der Waals surface area contributed by atoms with Gasteiger partial charge in [-0.05, 0) is 29.8 Å². The number of aromatic amines is 2. The molecule has 0 fully saturated rings. The molecule has 0 aliphatic heterocycles. The Hall–Kier alpha value is -3.15. The predicted molar refractivity (Wildman–Crippen MR) is 80.6 cm³/mol. The number of nitrogens with one attached hydrogen (secondary N) is 2. The van der Waals surface area contributed by atoms with E-state index < -0.39 is 5.56 Å². The van der Waals surface area contributed by atoms with Crippen LogP contribution in [0.5, 0.6) is 5.75 Å². The quantitative estimate of drug-likeness (QED) is 0.623. The van der Waals surface area contributed by atoms with Crippen LogP contribution in [0.2, 0.25) is 0 Å². The van der Waals surface area contributed by atoms with Crippen LogP contribution in [0.3, 0.4) is 0 Å². The first kappa shape index (κ1) is 12.9. The minimum Gasteiger partial charge on any atom is -0.508 e. The zero-order chi connectivity index (χ0) is 14.8. The molecular formula is C15H11N3O3. The third-order valence-corrected chi connectivity index (χ3v) is 3.03. The van der Waals surface area contributed by atoms with Gasteiger partial charge in [0.05, 0.1) is 16.5 Å². The molecule has 0 radical (unpaired) electrons. The number of hydrogen-bond donors (Lipinski definition) is 3. The van der Waals surface area contributed by atoms with E-state index in [1.807, 2.05) is 0 Å². The highest BCUT2D eigenvalue weighted by molar-refractivity contribution is 5.94. The Balaban J connectivity index is 2.16. The smallest absolute Gasteiger partial charge is 0.272 e. The second-order valence-corrected chi connectivity index (χ2v) is 4.46. The van der Waals surface area contributed by atoms with Crippen molar-refractivity contribution in [1.82, 2.24) is 10.2 Å². The molecule has 21 heavy (non-hydrogen) atoms. The maximum Gasteiger partial charge on any atom is 0.272 e. The average Bonchev–Trinajstić information content (AvgIpc) is 2.49. The topological polar surface area (TPSA) is 98.3 Å². The number of hydrogen-bond acceptors (Lipinski definition) is 4. The number of fused-ring (bicyclic) bond motifs is 1. The number of nitrogens with zero attached hydrogens (tertiary/aromatic N) is 1. The summed E-state index contributed by atoms with van der Waals surface area (Å²) in [6.45, 7) is 0. The van der Waals surface area contributed by atoms with Gasteiger partial charge in [-0.3, -0.25) is 24.8 Å². The molecule has 2 aromatic carbocycles. The molecule has 6 nitrogen and oxygen atoms in total. The van der Waals surface area contributed by atoms with Gasteiger partial charge in [0.15, 0.2) is 0 Å². The van der Waals surface area contributed by atoms with Gasteiger partial charge in [-0.25, -0.2) is 0 Å². The van der Waals surface area contributed by atoms with Crippen LogP contribution < -0.4 is 11.1 Å². The van der Waals surface area contributed by atoms with Crippen LogP contribution in [0, 0.1) is 0 Å². The molecule has 0 atom stereocenters. The lowest BCUT2D eigenvalue weighted by Gasteiger charge is -2.00. The van der Waals surface area contributed by atoms with Crippen LogP contribution in [-0.4, -0.2) is 21.5 Å². The summed E-state index contributed by atoms with van der Waals surface area (Å²) in [6, 6.07) is 11.4. The molecule has 1 heterocycles. The van der Waals surface area contributed by atoms with E-state index in [0.717, 1.165) is 0 Å². The van der Waals surface area contributed by atoms with Crippen molar-refractivity contribution < 1.29 is 5.11 Å². The van der Waals surface area contributed by atoms with Gasteiger partial charge in [0.25, 0.3) is 11.1 Å². The van der Waals surface area contributed by atoms with Crippen molar-refractivity contribution in [1.29, 1.82) is 0 Å². The van der Waals surface area contributed by atoms with Crippen LogP contribution in [0.1, 0.15) is 5.56 Å². The fraction of sp³-hybridized carbons (Fsp3) is 0. The molecule has 3 aromatic rings. The van der Waals surface area contributed by atoms with Gasteiger partial charge in [0.1, 0.15) is 5.75 Å². The van der Waals surface area contributed by atoms with Crippen LogP contribution in [0.25, 0.3) is 10.8 Å². The van der Waals surface area contributed by atoms with Crippen molar-refractivity contribution in [2.75, 3.05) is 0 Å². The van der Waals surface area contributed by atoms with E-state index in [4.69, 9.17) is 0 Å². The molecule has 0 saturated heterocycles. The van der Waals surface area contributed by atoms with Gasteiger partial charge in [0, 0.05) is 6.21 Å². The average molecular weight is 281 g/mol. The Labute approximate surface area is 118 Å². The lowest BCUT2D eigenvalue weighted by atomic mass is 10.1. The van der Waals surface area contributed by atoms with Crippen LogP contribution in [0.4, 0.5) is 5.69 Å². The lowest BCUT2D eigenvalue weighted by molar-refractivity contribution is 0.475. The van der Waals surface area contributed by atoms with Gasteiger partial charge in [-0.2, -0.15) is 0 Å². The zero-order valence-electron chi connectivity index (χ0n) is 10.8. The van der Waals surface area contributed by atoms with Crippen molar-refractivity contribution in [2.24, 2.45) is 4.99 Å². The summed E-state index contributed by atoms with van der Waals surface area (Å²) in [5.74, 6) is 0.131. The second-order valence-electron chi connectivity index (χ2n) is 4.46. The summed E-state index contributed by atoms with van der Waals surface area (Å²) in [5.41, 5.74) is 0.295. The van der Waals surface area contributed by atoms with Crippen molar-refractivity contribution in [3.05, 3.63) is 68.7 Å². The lowest BCUT2D eigenvalue weighted by Crippen LogP contribution is -2.18. The Kier molecular flexibility index (Phi) is 3.12. The first-order valence-corrected chi connectivity index (χ1v) is 6.22. The summed E-state index contributed by atoms with van der Waals surface area (Å²) in [7, 11) is 0. The largest absolute Gasteiger partial charge is 0.508 e. The first-order valence-electron chi connectivity index (χ1n) is 6.22. The highest BCUT2D eigenvalue weighted by atomic mass is 16.3. The monoisotopic (exact) mass is 281 g/mol. The zero-order valence-corrected chi connectivity index (χ0v) is 10.8. The van der Waals surface area contributed by atoms with Crippen LogP contribution in [-0.2, 0) is 0 Å². The summed E-state index contributed by atoms with van der Waals surface area (Å²) in [6.07, 6.45) is 1.52. The maximum absolute atomic E-state index is 11.9. The number of phenols is 1. The molecule has 3 N–H and O–H groups in total. The molecule has 0 bridgehead atoms. The Morgan fingerprint density at radius 1 is 1.00 bits per heavy atom. The number of rotatable bonds is 2. The first-order chi connectivity index (χ1) is 10.1. The van der Waals surface area contributed by atoms with E-state index in [-0.39, 0.29) is 22.1 Å². The van der Waals surface area contributed by atoms with Gasteiger partial charge in [-0.1, -0.05) is 18.2 Å².